The average molecular weight is 268 g/mol. The van der Waals surface area contributed by atoms with Crippen molar-refractivity contribution < 1.29 is 4.79 Å². The molecule has 2 heterocycles. The number of anilines is 1. The van der Waals surface area contributed by atoms with Crippen LogP contribution in [0.3, 0.4) is 0 Å². The highest BCUT2D eigenvalue weighted by atomic mass is 32.2. The van der Waals surface area contributed by atoms with Crippen molar-refractivity contribution in [2.24, 2.45) is 4.99 Å². The summed E-state index contributed by atoms with van der Waals surface area (Å²) in [4.78, 5) is 17.2. The van der Waals surface area contributed by atoms with E-state index in [2.05, 4.69) is 21.3 Å². The highest BCUT2D eigenvalue weighted by molar-refractivity contribution is 8.13. The minimum atomic E-state index is -0.0426. The molecule has 1 aliphatic heterocycles. The molecule has 2 rings (SSSR count). The monoisotopic (exact) mass is 268 g/mol. The number of hydrogen-bond donors (Lipinski definition) is 0. The number of carbonyl (C=O) groups is 1. The zero-order valence-corrected chi connectivity index (χ0v) is 11.2. The Hall–Kier alpha value is -1.21. The molecule has 90 valence electrons. The second-order valence-corrected chi connectivity index (χ2v) is 5.12. The lowest BCUT2D eigenvalue weighted by Crippen LogP contribution is -2.20. The van der Waals surface area contributed by atoms with Gasteiger partial charge in [0.25, 0.3) is 5.24 Å². The summed E-state index contributed by atoms with van der Waals surface area (Å²) in [5.74, 6) is 0. The summed E-state index contributed by atoms with van der Waals surface area (Å²) >= 11 is 2.56. The molecule has 0 aliphatic carbocycles. The normalized spacial score (nSPS) is 14.6. The highest BCUT2D eigenvalue weighted by Gasteiger charge is 2.16. The standard InChI is InChI=1S/C10H12N4OS2/c1-14(10(15)16-2)9-13-12-8(17-9)7-4-3-5-11-6-7/h4,6H,3,5H2,1-2H3. The Morgan fingerprint density at radius 3 is 3.00 bits per heavy atom. The van der Waals surface area contributed by atoms with Gasteiger partial charge in [-0.2, -0.15) is 0 Å². The van der Waals surface area contributed by atoms with Crippen LogP contribution in [-0.2, 0) is 0 Å². The van der Waals surface area contributed by atoms with Crippen molar-refractivity contribution in [1.82, 2.24) is 10.2 Å². The second-order valence-electron chi connectivity index (χ2n) is 3.40. The van der Waals surface area contributed by atoms with Crippen LogP contribution in [0.1, 0.15) is 11.4 Å². The van der Waals surface area contributed by atoms with Gasteiger partial charge in [-0.25, -0.2) is 0 Å². The van der Waals surface area contributed by atoms with Crippen molar-refractivity contribution in [3.63, 3.8) is 0 Å². The smallest absolute Gasteiger partial charge is 0.287 e. The van der Waals surface area contributed by atoms with Gasteiger partial charge in [0.2, 0.25) is 5.13 Å². The Labute approximate surface area is 108 Å². The molecule has 1 aliphatic rings. The minimum Gasteiger partial charge on any atom is -0.292 e. The van der Waals surface area contributed by atoms with Gasteiger partial charge in [-0.15, -0.1) is 10.2 Å². The molecule has 0 atom stereocenters. The number of amides is 1. The lowest BCUT2D eigenvalue weighted by molar-refractivity contribution is 0.266. The first-order chi connectivity index (χ1) is 8.22. The highest BCUT2D eigenvalue weighted by Crippen LogP contribution is 2.26. The number of hydrogen-bond acceptors (Lipinski definition) is 6. The molecule has 0 bridgehead atoms. The lowest BCUT2D eigenvalue weighted by atomic mass is 10.2. The molecule has 0 aromatic carbocycles. The Morgan fingerprint density at radius 1 is 1.53 bits per heavy atom. The molecule has 0 spiro atoms. The predicted octanol–water partition coefficient (Wildman–Crippen LogP) is 2.32. The van der Waals surface area contributed by atoms with E-state index in [0.717, 1.165) is 35.3 Å². The maximum Gasteiger partial charge on any atom is 0.287 e. The fraction of sp³-hybridized carbons (Fsp3) is 0.400. The fourth-order valence-electron chi connectivity index (χ4n) is 1.34. The molecular weight excluding hydrogens is 256 g/mol. The molecule has 17 heavy (non-hydrogen) atoms. The lowest BCUT2D eigenvalue weighted by Gasteiger charge is -2.09. The summed E-state index contributed by atoms with van der Waals surface area (Å²) in [5.41, 5.74) is 0.991. The van der Waals surface area contributed by atoms with E-state index in [4.69, 9.17) is 0 Å². The largest absolute Gasteiger partial charge is 0.292 e. The van der Waals surface area contributed by atoms with Crippen molar-refractivity contribution in [2.45, 2.75) is 6.42 Å². The molecule has 1 aromatic rings. The van der Waals surface area contributed by atoms with Crippen molar-refractivity contribution in [1.29, 1.82) is 0 Å². The van der Waals surface area contributed by atoms with Crippen LogP contribution in [0, 0.1) is 0 Å². The van der Waals surface area contributed by atoms with Crippen LogP contribution in [0.15, 0.2) is 11.1 Å². The molecule has 0 saturated carbocycles. The van der Waals surface area contributed by atoms with Crippen molar-refractivity contribution in [3.05, 3.63) is 11.1 Å². The van der Waals surface area contributed by atoms with E-state index in [1.165, 1.54) is 16.2 Å². The van der Waals surface area contributed by atoms with Crippen LogP contribution in [0.5, 0.6) is 0 Å². The van der Waals surface area contributed by atoms with Crippen LogP contribution in [0.25, 0.3) is 5.57 Å². The Morgan fingerprint density at radius 2 is 2.35 bits per heavy atom. The molecule has 5 nitrogen and oxygen atoms in total. The summed E-state index contributed by atoms with van der Waals surface area (Å²) in [6.07, 6.45) is 6.58. The van der Waals surface area contributed by atoms with Gasteiger partial charge < -0.3 is 0 Å². The van der Waals surface area contributed by atoms with Crippen molar-refractivity contribution in [3.8, 4) is 0 Å². The fourth-order valence-corrected chi connectivity index (χ4v) is 2.56. The first-order valence-electron chi connectivity index (χ1n) is 5.08. The molecule has 0 N–H and O–H groups in total. The van der Waals surface area contributed by atoms with Crippen molar-refractivity contribution >= 4 is 45.3 Å². The van der Waals surface area contributed by atoms with Crippen LogP contribution in [-0.4, -0.2) is 41.5 Å². The van der Waals surface area contributed by atoms with E-state index in [1.807, 2.05) is 6.21 Å². The quantitative estimate of drug-likeness (QED) is 0.826. The Bertz CT molecular complexity index is 480. The number of rotatable bonds is 2. The molecule has 0 saturated heterocycles. The van der Waals surface area contributed by atoms with Gasteiger partial charge in [-0.3, -0.25) is 14.7 Å². The predicted molar refractivity (Wildman–Crippen MR) is 73.2 cm³/mol. The van der Waals surface area contributed by atoms with E-state index >= 15 is 0 Å². The number of nitrogens with zero attached hydrogens (tertiary/aromatic N) is 4. The van der Waals surface area contributed by atoms with E-state index in [9.17, 15) is 4.79 Å². The molecule has 0 radical (unpaired) electrons. The zero-order valence-electron chi connectivity index (χ0n) is 9.58. The minimum absolute atomic E-state index is 0.0426. The van der Waals surface area contributed by atoms with Gasteiger partial charge in [-0.05, 0) is 12.7 Å². The summed E-state index contributed by atoms with van der Waals surface area (Å²) < 4.78 is 0. The maximum absolute atomic E-state index is 11.5. The summed E-state index contributed by atoms with van der Waals surface area (Å²) in [5, 5.41) is 9.48. The number of dihydropyridines is 1. The van der Waals surface area contributed by atoms with Gasteiger partial charge >= 0.3 is 0 Å². The van der Waals surface area contributed by atoms with Gasteiger partial charge in [0.1, 0.15) is 0 Å². The third-order valence-electron chi connectivity index (χ3n) is 2.25. The first kappa shape index (κ1) is 12.3. The zero-order chi connectivity index (χ0) is 12.3. The summed E-state index contributed by atoms with van der Waals surface area (Å²) in [7, 11) is 1.70. The third kappa shape index (κ3) is 2.73. The number of aromatic nitrogens is 2. The number of aliphatic imine (C=N–C) groups is 1. The summed E-state index contributed by atoms with van der Waals surface area (Å²) in [6.45, 7) is 0.833. The van der Waals surface area contributed by atoms with Crippen LogP contribution in [0.2, 0.25) is 0 Å². The topological polar surface area (TPSA) is 58.5 Å². The number of allylic oxidation sites excluding steroid dienone is 1. The molecule has 1 aromatic heterocycles. The maximum atomic E-state index is 11.5. The molecule has 7 heteroatoms. The molecule has 1 amide bonds. The first-order valence-corrected chi connectivity index (χ1v) is 7.12. The molecule has 0 fully saturated rings. The van der Waals surface area contributed by atoms with E-state index in [0.29, 0.717) is 5.13 Å². The Balaban J connectivity index is 2.18. The summed E-state index contributed by atoms with van der Waals surface area (Å²) in [6, 6.07) is 0. The second kappa shape index (κ2) is 5.42. The van der Waals surface area contributed by atoms with Crippen LogP contribution >= 0.6 is 23.1 Å². The number of carbonyl (C=O) groups excluding carboxylic acids is 1. The van der Waals surface area contributed by atoms with E-state index in [1.54, 1.807) is 13.3 Å². The van der Waals surface area contributed by atoms with Gasteiger partial charge in [0, 0.05) is 25.4 Å². The van der Waals surface area contributed by atoms with E-state index < -0.39 is 0 Å². The van der Waals surface area contributed by atoms with Crippen LogP contribution in [0.4, 0.5) is 9.93 Å². The third-order valence-corrected chi connectivity index (χ3v) is 3.92. The Kier molecular flexibility index (Phi) is 3.90. The van der Waals surface area contributed by atoms with Gasteiger partial charge in [0.05, 0.1) is 0 Å². The SMILES string of the molecule is CSC(=O)N(C)c1nnc(C2=CCCN=C2)s1. The molecule has 0 unspecified atom stereocenters. The van der Waals surface area contributed by atoms with Gasteiger partial charge in [0.15, 0.2) is 5.01 Å². The van der Waals surface area contributed by atoms with Gasteiger partial charge in [-0.1, -0.05) is 29.2 Å². The van der Waals surface area contributed by atoms with Crippen LogP contribution < -0.4 is 4.90 Å². The van der Waals surface area contributed by atoms with E-state index in [-0.39, 0.29) is 5.24 Å². The van der Waals surface area contributed by atoms with Crippen molar-refractivity contribution in [2.75, 3.05) is 24.7 Å². The average Bonchev–Trinajstić information content (AvgIpc) is 2.87. The number of thioether (sulfide) groups is 1. The molecular formula is C10H12N4OS2.